The van der Waals surface area contributed by atoms with Gasteiger partial charge in [0.1, 0.15) is 0 Å². The molecular formula is C10H15ClN2S. The molecule has 14 heavy (non-hydrogen) atoms. The van der Waals surface area contributed by atoms with E-state index in [0.29, 0.717) is 12.6 Å². The summed E-state index contributed by atoms with van der Waals surface area (Å²) < 4.78 is 0.913. The van der Waals surface area contributed by atoms with Crippen molar-refractivity contribution in [1.29, 1.82) is 0 Å². The molecule has 2 nitrogen and oxygen atoms in total. The minimum atomic E-state index is 0.478. The third kappa shape index (κ3) is 2.11. The quantitative estimate of drug-likeness (QED) is 0.837. The van der Waals surface area contributed by atoms with Crippen LogP contribution < -0.4 is 11.1 Å². The maximum Gasteiger partial charge on any atom is 0.0934 e. The molecule has 4 heteroatoms. The summed E-state index contributed by atoms with van der Waals surface area (Å²) in [6.45, 7) is 1.58. The Labute approximate surface area is 93.4 Å². The smallest absolute Gasteiger partial charge is 0.0934 e. The zero-order valence-corrected chi connectivity index (χ0v) is 9.63. The van der Waals surface area contributed by atoms with Gasteiger partial charge in [-0.25, -0.2) is 0 Å². The van der Waals surface area contributed by atoms with Gasteiger partial charge >= 0.3 is 0 Å². The Morgan fingerprint density at radius 3 is 3.29 bits per heavy atom. The highest BCUT2D eigenvalue weighted by Crippen LogP contribution is 2.37. The first-order valence-corrected chi connectivity index (χ1v) is 6.22. The summed E-state index contributed by atoms with van der Waals surface area (Å²) in [4.78, 5) is 1.45. The number of thiophene rings is 1. The summed E-state index contributed by atoms with van der Waals surface area (Å²) in [5, 5.41) is 3.46. The fourth-order valence-electron chi connectivity index (χ4n) is 1.99. The number of hydrogen-bond acceptors (Lipinski definition) is 3. The Hall–Kier alpha value is -0.0900. The average molecular weight is 231 g/mol. The van der Waals surface area contributed by atoms with E-state index in [9.17, 15) is 0 Å². The van der Waals surface area contributed by atoms with Gasteiger partial charge in [0.05, 0.1) is 4.34 Å². The Balaban J connectivity index is 2.13. The van der Waals surface area contributed by atoms with E-state index in [1.165, 1.54) is 29.7 Å². The molecule has 1 unspecified atom stereocenters. The monoisotopic (exact) mass is 230 g/mol. The van der Waals surface area contributed by atoms with Gasteiger partial charge in [0.15, 0.2) is 0 Å². The van der Waals surface area contributed by atoms with Crippen molar-refractivity contribution >= 4 is 22.9 Å². The van der Waals surface area contributed by atoms with Crippen LogP contribution in [-0.2, 0) is 6.42 Å². The largest absolute Gasteiger partial charge is 0.329 e. The van der Waals surface area contributed by atoms with Crippen LogP contribution in [0, 0.1) is 0 Å². The fourth-order valence-corrected chi connectivity index (χ4v) is 3.37. The molecule has 1 atom stereocenters. The maximum atomic E-state index is 6.02. The van der Waals surface area contributed by atoms with Crippen molar-refractivity contribution in [3.05, 3.63) is 20.8 Å². The van der Waals surface area contributed by atoms with Gasteiger partial charge in [0, 0.05) is 24.0 Å². The molecule has 78 valence electrons. The van der Waals surface area contributed by atoms with Crippen molar-refractivity contribution in [1.82, 2.24) is 5.32 Å². The molecule has 2 rings (SSSR count). The van der Waals surface area contributed by atoms with Crippen LogP contribution in [0.3, 0.4) is 0 Å². The Bertz CT molecular complexity index is 311. The lowest BCUT2D eigenvalue weighted by Gasteiger charge is -2.23. The number of rotatable bonds is 3. The first-order chi connectivity index (χ1) is 6.81. The summed E-state index contributed by atoms with van der Waals surface area (Å²) in [6.07, 6.45) is 3.65. The fraction of sp³-hybridized carbons (Fsp3) is 0.600. The van der Waals surface area contributed by atoms with Gasteiger partial charge in [0.2, 0.25) is 0 Å². The molecule has 1 aromatic heterocycles. The number of hydrogen-bond donors (Lipinski definition) is 2. The lowest BCUT2D eigenvalue weighted by Crippen LogP contribution is -2.29. The third-order valence-corrected chi connectivity index (χ3v) is 3.96. The number of aryl methyl sites for hydroxylation is 1. The summed E-state index contributed by atoms with van der Waals surface area (Å²) in [5.41, 5.74) is 6.89. The molecule has 0 amide bonds. The van der Waals surface area contributed by atoms with Gasteiger partial charge < -0.3 is 11.1 Å². The molecule has 0 bridgehead atoms. The molecule has 1 aliphatic rings. The van der Waals surface area contributed by atoms with E-state index in [1.807, 2.05) is 0 Å². The molecule has 0 saturated heterocycles. The van der Waals surface area contributed by atoms with E-state index in [0.717, 1.165) is 10.9 Å². The number of fused-ring (bicyclic) bond motifs is 1. The number of halogens is 1. The molecule has 0 radical (unpaired) electrons. The molecule has 0 fully saturated rings. The molecule has 0 aromatic carbocycles. The minimum Gasteiger partial charge on any atom is -0.329 e. The predicted molar refractivity (Wildman–Crippen MR) is 62.1 cm³/mol. The highest BCUT2D eigenvalue weighted by atomic mass is 35.5. The van der Waals surface area contributed by atoms with Crippen LogP contribution in [0.4, 0.5) is 0 Å². The van der Waals surface area contributed by atoms with Crippen molar-refractivity contribution in [3.63, 3.8) is 0 Å². The van der Waals surface area contributed by atoms with Crippen LogP contribution in [-0.4, -0.2) is 13.1 Å². The van der Waals surface area contributed by atoms with E-state index in [2.05, 4.69) is 11.4 Å². The van der Waals surface area contributed by atoms with Gasteiger partial charge in [-0.2, -0.15) is 0 Å². The van der Waals surface area contributed by atoms with Crippen molar-refractivity contribution in [2.45, 2.75) is 25.3 Å². The first-order valence-electron chi connectivity index (χ1n) is 5.03. The van der Waals surface area contributed by atoms with Gasteiger partial charge in [-0.3, -0.25) is 0 Å². The molecule has 0 saturated carbocycles. The predicted octanol–water partition coefficient (Wildman–Crippen LogP) is 2.33. The number of nitrogens with one attached hydrogen (secondary N) is 1. The van der Waals surface area contributed by atoms with E-state index in [-0.39, 0.29) is 0 Å². The molecule has 1 aromatic rings. The standard InChI is InChI=1S/C10H15ClN2S/c11-10-6-7-8(13-5-4-12)2-1-3-9(7)14-10/h6,8,13H,1-5,12H2. The van der Waals surface area contributed by atoms with Crippen LogP contribution in [0.25, 0.3) is 0 Å². The lowest BCUT2D eigenvalue weighted by molar-refractivity contribution is 0.470. The Morgan fingerprint density at radius 2 is 2.50 bits per heavy atom. The van der Waals surface area contributed by atoms with Crippen molar-refractivity contribution < 1.29 is 0 Å². The zero-order chi connectivity index (χ0) is 9.97. The minimum absolute atomic E-state index is 0.478. The molecule has 1 heterocycles. The van der Waals surface area contributed by atoms with Crippen molar-refractivity contribution in [3.8, 4) is 0 Å². The summed E-state index contributed by atoms with van der Waals surface area (Å²) >= 11 is 7.74. The molecule has 1 aliphatic carbocycles. The van der Waals surface area contributed by atoms with Crippen LogP contribution in [0.5, 0.6) is 0 Å². The van der Waals surface area contributed by atoms with Gasteiger partial charge in [-0.05, 0) is 30.9 Å². The first kappa shape index (κ1) is 10.4. The van der Waals surface area contributed by atoms with Gasteiger partial charge in [-0.1, -0.05) is 11.6 Å². The van der Waals surface area contributed by atoms with E-state index in [1.54, 1.807) is 11.3 Å². The highest BCUT2D eigenvalue weighted by molar-refractivity contribution is 7.16. The summed E-state index contributed by atoms with van der Waals surface area (Å²) in [7, 11) is 0. The maximum absolute atomic E-state index is 6.02. The summed E-state index contributed by atoms with van der Waals surface area (Å²) in [5.74, 6) is 0. The Morgan fingerprint density at radius 1 is 1.64 bits per heavy atom. The second-order valence-corrected chi connectivity index (χ2v) is 5.38. The zero-order valence-electron chi connectivity index (χ0n) is 8.05. The molecule has 3 N–H and O–H groups in total. The van der Waals surface area contributed by atoms with Crippen LogP contribution in [0.2, 0.25) is 4.34 Å². The second-order valence-electron chi connectivity index (χ2n) is 3.62. The molecule has 0 spiro atoms. The van der Waals surface area contributed by atoms with Crippen LogP contribution >= 0.6 is 22.9 Å². The van der Waals surface area contributed by atoms with Gasteiger partial charge in [-0.15, -0.1) is 11.3 Å². The third-order valence-electron chi connectivity index (χ3n) is 2.62. The molecule has 0 aliphatic heterocycles. The van der Waals surface area contributed by atoms with Gasteiger partial charge in [0.25, 0.3) is 0 Å². The summed E-state index contributed by atoms with van der Waals surface area (Å²) in [6, 6.07) is 2.58. The van der Waals surface area contributed by atoms with E-state index >= 15 is 0 Å². The second kappa shape index (κ2) is 4.62. The van der Waals surface area contributed by atoms with E-state index < -0.39 is 0 Å². The van der Waals surface area contributed by atoms with E-state index in [4.69, 9.17) is 17.3 Å². The Kier molecular flexibility index (Phi) is 3.44. The lowest BCUT2D eigenvalue weighted by atomic mass is 9.94. The molecular weight excluding hydrogens is 216 g/mol. The topological polar surface area (TPSA) is 38.0 Å². The number of nitrogens with two attached hydrogens (primary N) is 1. The van der Waals surface area contributed by atoms with Crippen LogP contribution in [0.15, 0.2) is 6.07 Å². The average Bonchev–Trinajstić information content (AvgIpc) is 2.55. The highest BCUT2D eigenvalue weighted by Gasteiger charge is 2.21. The van der Waals surface area contributed by atoms with Crippen LogP contribution in [0.1, 0.15) is 29.3 Å². The van der Waals surface area contributed by atoms with Crippen molar-refractivity contribution in [2.75, 3.05) is 13.1 Å². The normalized spacial score (nSPS) is 20.9. The van der Waals surface area contributed by atoms with Crippen molar-refractivity contribution in [2.24, 2.45) is 5.73 Å². The SMILES string of the molecule is NCCNC1CCCc2sc(Cl)cc21.